The Balaban J connectivity index is 1.50. The molecule has 0 bridgehead atoms. The molecule has 2 aromatic heterocycles. The van der Waals surface area contributed by atoms with Crippen LogP contribution in [0.5, 0.6) is 11.5 Å². The third-order valence-electron chi connectivity index (χ3n) is 4.21. The maximum absolute atomic E-state index is 12.8. The predicted octanol–water partition coefficient (Wildman–Crippen LogP) is 2.66. The van der Waals surface area contributed by atoms with Gasteiger partial charge in [-0.15, -0.1) is 0 Å². The molecule has 0 N–H and O–H groups in total. The molecule has 0 saturated heterocycles. The maximum Gasteiger partial charge on any atom is 0.255 e. The van der Waals surface area contributed by atoms with Crippen molar-refractivity contribution >= 4 is 5.91 Å². The molecule has 0 aliphatic carbocycles. The molecule has 7 nitrogen and oxygen atoms in total. The van der Waals surface area contributed by atoms with Crippen molar-refractivity contribution in [3.63, 3.8) is 0 Å². The molecule has 1 amide bonds. The summed E-state index contributed by atoms with van der Waals surface area (Å²) >= 11 is 0. The van der Waals surface area contributed by atoms with Crippen molar-refractivity contribution in [2.45, 2.75) is 13.5 Å². The van der Waals surface area contributed by atoms with Crippen LogP contribution in [0.15, 0.2) is 55.0 Å². The van der Waals surface area contributed by atoms with Gasteiger partial charge in [-0.25, -0.2) is 9.67 Å². The van der Waals surface area contributed by atoms with Gasteiger partial charge in [0, 0.05) is 31.7 Å². The summed E-state index contributed by atoms with van der Waals surface area (Å²) in [7, 11) is 0. The number of nitrogens with zero attached hydrogens (tertiary/aromatic N) is 4. The van der Waals surface area contributed by atoms with Crippen molar-refractivity contribution in [1.29, 1.82) is 0 Å². The molecule has 0 unspecified atom stereocenters. The Bertz CT molecular complexity index is 907. The minimum Gasteiger partial charge on any atom is -0.454 e. The van der Waals surface area contributed by atoms with Crippen LogP contribution in [-0.4, -0.2) is 38.9 Å². The van der Waals surface area contributed by atoms with Gasteiger partial charge in [0.05, 0.1) is 5.56 Å². The number of carbonyl (C=O) groups excluding carboxylic acids is 1. The van der Waals surface area contributed by atoms with Gasteiger partial charge in [-0.1, -0.05) is 6.07 Å². The van der Waals surface area contributed by atoms with E-state index in [1.807, 2.05) is 37.4 Å². The van der Waals surface area contributed by atoms with Gasteiger partial charge in [0.15, 0.2) is 17.3 Å². The van der Waals surface area contributed by atoms with Crippen LogP contribution in [0.2, 0.25) is 0 Å². The number of ether oxygens (including phenoxy) is 2. The fourth-order valence-electron chi connectivity index (χ4n) is 2.82. The lowest BCUT2D eigenvalue weighted by Crippen LogP contribution is -2.30. The number of aromatic nitrogens is 3. The molecule has 3 heterocycles. The molecule has 132 valence electrons. The highest BCUT2D eigenvalue weighted by molar-refractivity contribution is 5.94. The molecule has 1 aliphatic rings. The third kappa shape index (κ3) is 3.11. The van der Waals surface area contributed by atoms with E-state index >= 15 is 0 Å². The predicted molar refractivity (Wildman–Crippen MR) is 94.3 cm³/mol. The zero-order chi connectivity index (χ0) is 17.9. The Morgan fingerprint density at radius 3 is 2.85 bits per heavy atom. The van der Waals surface area contributed by atoms with Crippen LogP contribution in [0.25, 0.3) is 5.82 Å². The summed E-state index contributed by atoms with van der Waals surface area (Å²) in [5.74, 6) is 2.06. The van der Waals surface area contributed by atoms with Crippen LogP contribution in [0.1, 0.15) is 22.8 Å². The van der Waals surface area contributed by atoms with Gasteiger partial charge in [-0.3, -0.25) is 4.79 Å². The Kier molecular flexibility index (Phi) is 4.27. The lowest BCUT2D eigenvalue weighted by molar-refractivity contribution is 0.0752. The van der Waals surface area contributed by atoms with Crippen LogP contribution in [-0.2, 0) is 6.54 Å². The second-order valence-electron chi connectivity index (χ2n) is 5.86. The van der Waals surface area contributed by atoms with Crippen molar-refractivity contribution in [3.05, 3.63) is 66.1 Å². The van der Waals surface area contributed by atoms with Gasteiger partial charge < -0.3 is 14.4 Å². The number of benzene rings is 1. The first kappa shape index (κ1) is 16.1. The monoisotopic (exact) mass is 350 g/mol. The Labute approximate surface area is 150 Å². The number of rotatable bonds is 5. The fraction of sp³-hybridized carbons (Fsp3) is 0.211. The van der Waals surface area contributed by atoms with Crippen LogP contribution in [0.3, 0.4) is 0 Å². The van der Waals surface area contributed by atoms with Crippen molar-refractivity contribution in [2.75, 3.05) is 13.3 Å². The lowest BCUT2D eigenvalue weighted by Gasteiger charge is -2.21. The lowest BCUT2D eigenvalue weighted by atomic mass is 10.1. The molecule has 1 aromatic carbocycles. The number of hydrogen-bond acceptors (Lipinski definition) is 5. The van der Waals surface area contributed by atoms with Crippen LogP contribution < -0.4 is 9.47 Å². The van der Waals surface area contributed by atoms with Gasteiger partial charge in [0.1, 0.15) is 0 Å². The third-order valence-corrected chi connectivity index (χ3v) is 4.21. The standard InChI is InChI=1S/C19H18N4O3/c1-2-22(12-14-4-6-16-17(10-14)26-13-25-16)19(24)15-5-7-18(20-11-15)23-9-3-8-21-23/h3-11H,2,12-13H2,1H3. The van der Waals surface area contributed by atoms with E-state index in [0.717, 1.165) is 17.1 Å². The molecular weight excluding hydrogens is 332 g/mol. The Hall–Kier alpha value is -3.35. The molecule has 0 radical (unpaired) electrons. The summed E-state index contributed by atoms with van der Waals surface area (Å²) in [5.41, 5.74) is 1.54. The van der Waals surface area contributed by atoms with E-state index in [1.165, 1.54) is 0 Å². The van der Waals surface area contributed by atoms with Gasteiger partial charge >= 0.3 is 0 Å². The van der Waals surface area contributed by atoms with Crippen molar-refractivity contribution in [3.8, 4) is 17.3 Å². The van der Waals surface area contributed by atoms with Crippen LogP contribution in [0.4, 0.5) is 0 Å². The highest BCUT2D eigenvalue weighted by atomic mass is 16.7. The molecule has 0 spiro atoms. The van der Waals surface area contributed by atoms with Crippen molar-refractivity contribution in [2.24, 2.45) is 0 Å². The summed E-state index contributed by atoms with van der Waals surface area (Å²) in [6, 6.07) is 11.1. The molecule has 1 aliphatic heterocycles. The summed E-state index contributed by atoms with van der Waals surface area (Å²) in [4.78, 5) is 18.9. The maximum atomic E-state index is 12.8. The Morgan fingerprint density at radius 1 is 1.23 bits per heavy atom. The highest BCUT2D eigenvalue weighted by Gasteiger charge is 2.18. The second-order valence-corrected chi connectivity index (χ2v) is 5.86. The summed E-state index contributed by atoms with van der Waals surface area (Å²) in [6.07, 6.45) is 5.08. The first-order valence-corrected chi connectivity index (χ1v) is 8.38. The number of carbonyl (C=O) groups is 1. The summed E-state index contributed by atoms with van der Waals surface area (Å²) < 4.78 is 12.4. The van der Waals surface area contributed by atoms with E-state index < -0.39 is 0 Å². The van der Waals surface area contributed by atoms with E-state index in [9.17, 15) is 4.79 Å². The van der Waals surface area contributed by atoms with E-state index in [1.54, 1.807) is 34.1 Å². The minimum atomic E-state index is -0.0651. The first-order valence-electron chi connectivity index (χ1n) is 8.38. The molecule has 0 saturated carbocycles. The second kappa shape index (κ2) is 6.87. The number of pyridine rings is 1. The SMILES string of the molecule is CCN(Cc1ccc2c(c1)OCO2)C(=O)c1ccc(-n2cccn2)nc1. The van der Waals surface area contributed by atoms with E-state index in [0.29, 0.717) is 24.5 Å². The molecule has 4 rings (SSSR count). The van der Waals surface area contributed by atoms with Gasteiger partial charge in [0.2, 0.25) is 6.79 Å². The van der Waals surface area contributed by atoms with E-state index in [4.69, 9.17) is 9.47 Å². The van der Waals surface area contributed by atoms with E-state index in [-0.39, 0.29) is 12.7 Å². The molecule has 26 heavy (non-hydrogen) atoms. The largest absolute Gasteiger partial charge is 0.454 e. The minimum absolute atomic E-state index is 0.0651. The van der Waals surface area contributed by atoms with Crippen molar-refractivity contribution in [1.82, 2.24) is 19.7 Å². The summed E-state index contributed by atoms with van der Waals surface area (Å²) in [5, 5.41) is 4.13. The van der Waals surface area contributed by atoms with Gasteiger partial charge in [-0.2, -0.15) is 5.10 Å². The molecule has 0 atom stereocenters. The number of fused-ring (bicyclic) bond motifs is 1. The van der Waals surface area contributed by atoms with Gasteiger partial charge in [0.25, 0.3) is 5.91 Å². The zero-order valence-corrected chi connectivity index (χ0v) is 14.3. The molecule has 7 heteroatoms. The smallest absolute Gasteiger partial charge is 0.255 e. The van der Waals surface area contributed by atoms with E-state index in [2.05, 4.69) is 10.1 Å². The normalized spacial score (nSPS) is 12.2. The average molecular weight is 350 g/mol. The molecular formula is C19H18N4O3. The molecule has 3 aromatic rings. The quantitative estimate of drug-likeness (QED) is 0.708. The first-order chi connectivity index (χ1) is 12.7. The topological polar surface area (TPSA) is 69.5 Å². The van der Waals surface area contributed by atoms with Crippen LogP contribution in [0, 0.1) is 0 Å². The van der Waals surface area contributed by atoms with Crippen molar-refractivity contribution < 1.29 is 14.3 Å². The zero-order valence-electron chi connectivity index (χ0n) is 14.3. The Morgan fingerprint density at radius 2 is 2.12 bits per heavy atom. The molecule has 0 fully saturated rings. The van der Waals surface area contributed by atoms with Gasteiger partial charge in [-0.05, 0) is 42.8 Å². The summed E-state index contributed by atoms with van der Waals surface area (Å²) in [6.45, 7) is 3.28. The van der Waals surface area contributed by atoms with Crippen LogP contribution >= 0.6 is 0 Å². The number of amides is 1. The average Bonchev–Trinajstić information content (AvgIpc) is 3.37. The number of hydrogen-bond donors (Lipinski definition) is 0. The fourth-order valence-corrected chi connectivity index (χ4v) is 2.82. The highest BCUT2D eigenvalue weighted by Crippen LogP contribution is 2.32.